The van der Waals surface area contributed by atoms with Gasteiger partial charge in [0.2, 0.25) is 0 Å². The third kappa shape index (κ3) is 3.07. The molecule has 1 aliphatic heterocycles. The summed E-state index contributed by atoms with van der Waals surface area (Å²) in [4.78, 5) is 28.9. The Morgan fingerprint density at radius 1 is 1.43 bits per heavy atom. The molecule has 0 spiro atoms. The van der Waals surface area contributed by atoms with E-state index in [-0.39, 0.29) is 11.4 Å². The molecule has 2 rings (SSSR count). The lowest BCUT2D eigenvalue weighted by Crippen LogP contribution is -2.45. The maximum absolute atomic E-state index is 12.0. The number of ether oxygens (including phenoxy) is 1. The highest BCUT2D eigenvalue weighted by Gasteiger charge is 2.33. The van der Waals surface area contributed by atoms with E-state index in [4.69, 9.17) is 4.74 Å². The lowest BCUT2D eigenvalue weighted by Gasteiger charge is -2.26. The molecule has 0 aliphatic carbocycles. The maximum Gasteiger partial charge on any atom is 0.338 e. The first-order valence-corrected chi connectivity index (χ1v) is 7.38. The van der Waals surface area contributed by atoms with E-state index in [2.05, 4.69) is 36.4 Å². The van der Waals surface area contributed by atoms with Crippen LogP contribution in [0.2, 0.25) is 0 Å². The Hall–Kier alpha value is -1.89. The van der Waals surface area contributed by atoms with Gasteiger partial charge < -0.3 is 15.4 Å². The number of aromatic nitrogens is 1. The van der Waals surface area contributed by atoms with Crippen LogP contribution in [0, 0.1) is 0 Å². The SMILES string of the molecule is COC(=O)C1=C(C)NC(=O)NC1c1cnc(C(C)(C)C)s1. The van der Waals surface area contributed by atoms with E-state index >= 15 is 0 Å². The van der Waals surface area contributed by atoms with Gasteiger partial charge in [0.1, 0.15) is 6.04 Å². The van der Waals surface area contributed by atoms with Crippen molar-refractivity contribution in [2.45, 2.75) is 39.2 Å². The minimum atomic E-state index is -0.528. The van der Waals surface area contributed by atoms with E-state index in [9.17, 15) is 9.59 Å². The number of carbonyl (C=O) groups excluding carboxylic acids is 2. The maximum atomic E-state index is 12.0. The molecule has 1 aromatic heterocycles. The Bertz CT molecular complexity index is 613. The third-order valence-corrected chi connectivity index (χ3v) is 4.61. The van der Waals surface area contributed by atoms with Crippen LogP contribution in [-0.4, -0.2) is 24.1 Å². The molecule has 2 heterocycles. The van der Waals surface area contributed by atoms with E-state index in [1.165, 1.54) is 18.4 Å². The van der Waals surface area contributed by atoms with E-state index in [0.717, 1.165) is 9.88 Å². The lowest BCUT2D eigenvalue weighted by atomic mass is 9.98. The number of nitrogens with zero attached hydrogens (tertiary/aromatic N) is 1. The Kier molecular flexibility index (Phi) is 4.04. The van der Waals surface area contributed by atoms with Gasteiger partial charge in [-0.2, -0.15) is 0 Å². The highest BCUT2D eigenvalue weighted by molar-refractivity contribution is 7.11. The van der Waals surface area contributed by atoms with Crippen LogP contribution in [0.3, 0.4) is 0 Å². The lowest BCUT2D eigenvalue weighted by molar-refractivity contribution is -0.136. The molecule has 21 heavy (non-hydrogen) atoms. The average Bonchev–Trinajstić information content (AvgIpc) is 2.86. The summed E-state index contributed by atoms with van der Waals surface area (Å²) < 4.78 is 4.82. The zero-order valence-corrected chi connectivity index (χ0v) is 13.6. The number of methoxy groups -OCH3 is 1. The van der Waals surface area contributed by atoms with Crippen LogP contribution in [0.25, 0.3) is 0 Å². The Morgan fingerprint density at radius 2 is 2.10 bits per heavy atom. The topological polar surface area (TPSA) is 80.3 Å². The van der Waals surface area contributed by atoms with Crippen molar-refractivity contribution >= 4 is 23.3 Å². The van der Waals surface area contributed by atoms with Crippen molar-refractivity contribution in [2.24, 2.45) is 0 Å². The largest absolute Gasteiger partial charge is 0.466 e. The van der Waals surface area contributed by atoms with Crippen molar-refractivity contribution in [3.8, 4) is 0 Å². The summed E-state index contributed by atoms with van der Waals surface area (Å²) in [5.41, 5.74) is 0.826. The van der Waals surface area contributed by atoms with Crippen LogP contribution in [0.5, 0.6) is 0 Å². The Morgan fingerprint density at radius 3 is 2.62 bits per heavy atom. The fourth-order valence-electron chi connectivity index (χ4n) is 2.05. The summed E-state index contributed by atoms with van der Waals surface area (Å²) in [6.45, 7) is 7.89. The molecule has 0 aromatic carbocycles. The Labute approximate surface area is 127 Å². The highest BCUT2D eigenvalue weighted by Crippen LogP contribution is 2.34. The molecule has 6 nitrogen and oxygen atoms in total. The summed E-state index contributed by atoms with van der Waals surface area (Å²) >= 11 is 1.49. The van der Waals surface area contributed by atoms with Gasteiger partial charge in [-0.15, -0.1) is 11.3 Å². The Balaban J connectivity index is 2.44. The molecular weight excluding hydrogens is 290 g/mol. The number of rotatable bonds is 2. The number of amides is 2. The summed E-state index contributed by atoms with van der Waals surface area (Å²) in [5.74, 6) is -0.462. The number of carbonyl (C=O) groups is 2. The molecule has 114 valence electrons. The smallest absolute Gasteiger partial charge is 0.338 e. The number of allylic oxidation sites excluding steroid dienone is 1. The van der Waals surface area contributed by atoms with Gasteiger partial charge in [0, 0.05) is 17.3 Å². The van der Waals surface area contributed by atoms with Crippen molar-refractivity contribution in [1.29, 1.82) is 0 Å². The number of hydrogen-bond acceptors (Lipinski definition) is 5. The van der Waals surface area contributed by atoms with Gasteiger partial charge in [0.25, 0.3) is 0 Å². The number of hydrogen-bond donors (Lipinski definition) is 2. The zero-order valence-electron chi connectivity index (χ0n) is 12.7. The summed E-state index contributed by atoms with van der Waals surface area (Å²) in [7, 11) is 1.32. The predicted octanol–water partition coefficient (Wildman–Crippen LogP) is 2.24. The van der Waals surface area contributed by atoms with Gasteiger partial charge in [-0.1, -0.05) is 20.8 Å². The fraction of sp³-hybridized carbons (Fsp3) is 0.500. The molecule has 2 amide bonds. The van der Waals surface area contributed by atoms with Crippen LogP contribution in [-0.2, 0) is 14.9 Å². The van der Waals surface area contributed by atoms with Crippen molar-refractivity contribution in [3.63, 3.8) is 0 Å². The van der Waals surface area contributed by atoms with Gasteiger partial charge in [0.15, 0.2) is 0 Å². The quantitative estimate of drug-likeness (QED) is 0.821. The van der Waals surface area contributed by atoms with Gasteiger partial charge in [-0.3, -0.25) is 0 Å². The summed E-state index contributed by atoms with van der Waals surface area (Å²) in [6.07, 6.45) is 1.71. The molecular formula is C14H19N3O3S. The minimum Gasteiger partial charge on any atom is -0.466 e. The van der Waals surface area contributed by atoms with E-state index < -0.39 is 12.0 Å². The molecule has 0 bridgehead atoms. The third-order valence-electron chi connectivity index (χ3n) is 3.12. The molecule has 1 unspecified atom stereocenters. The number of thiazole rings is 1. The average molecular weight is 309 g/mol. The first-order chi connectivity index (χ1) is 9.74. The monoisotopic (exact) mass is 309 g/mol. The zero-order chi connectivity index (χ0) is 15.8. The minimum absolute atomic E-state index is 0.0793. The molecule has 1 aliphatic rings. The van der Waals surface area contributed by atoms with Gasteiger partial charge >= 0.3 is 12.0 Å². The molecule has 0 fully saturated rings. The normalized spacial score (nSPS) is 19.1. The second-order valence-electron chi connectivity index (χ2n) is 5.88. The number of nitrogens with one attached hydrogen (secondary N) is 2. The fourth-order valence-corrected chi connectivity index (χ4v) is 3.09. The molecule has 2 N–H and O–H groups in total. The summed E-state index contributed by atoms with van der Waals surface area (Å²) in [6, 6.07) is -0.865. The van der Waals surface area contributed by atoms with Crippen LogP contribution in [0.4, 0.5) is 4.79 Å². The standard InChI is InChI=1S/C14H19N3O3S/c1-7-9(11(18)20-5)10(17-13(19)16-7)8-6-15-12(21-8)14(2,3)4/h6,10H,1-5H3,(H2,16,17,19). The number of esters is 1. The second-order valence-corrected chi connectivity index (χ2v) is 6.94. The van der Waals surface area contributed by atoms with Gasteiger partial charge in [0.05, 0.1) is 22.6 Å². The van der Waals surface area contributed by atoms with Crippen LogP contribution in [0.1, 0.15) is 43.6 Å². The molecule has 7 heteroatoms. The molecule has 0 saturated carbocycles. The first kappa shape index (κ1) is 15.5. The van der Waals surface area contributed by atoms with Crippen molar-refractivity contribution in [2.75, 3.05) is 7.11 Å². The van der Waals surface area contributed by atoms with E-state index in [1.807, 2.05) is 0 Å². The second kappa shape index (κ2) is 5.48. The van der Waals surface area contributed by atoms with Gasteiger partial charge in [-0.25, -0.2) is 14.6 Å². The molecule has 0 radical (unpaired) electrons. The highest BCUT2D eigenvalue weighted by atomic mass is 32.1. The van der Waals surface area contributed by atoms with Crippen molar-refractivity contribution in [1.82, 2.24) is 15.6 Å². The van der Waals surface area contributed by atoms with Crippen molar-refractivity contribution in [3.05, 3.63) is 27.4 Å². The molecule has 1 atom stereocenters. The molecule has 1 aromatic rings. The number of urea groups is 1. The molecule has 0 saturated heterocycles. The first-order valence-electron chi connectivity index (χ1n) is 6.57. The summed E-state index contributed by atoms with van der Waals surface area (Å²) in [5, 5.41) is 6.30. The van der Waals surface area contributed by atoms with Gasteiger partial charge in [-0.05, 0) is 6.92 Å². The van der Waals surface area contributed by atoms with E-state index in [1.54, 1.807) is 13.1 Å². The van der Waals surface area contributed by atoms with Crippen LogP contribution in [0.15, 0.2) is 17.5 Å². The van der Waals surface area contributed by atoms with Crippen LogP contribution >= 0.6 is 11.3 Å². The predicted molar refractivity (Wildman–Crippen MR) is 79.9 cm³/mol. The van der Waals surface area contributed by atoms with Crippen molar-refractivity contribution < 1.29 is 14.3 Å². The van der Waals surface area contributed by atoms with E-state index in [0.29, 0.717) is 11.3 Å². The van der Waals surface area contributed by atoms with Crippen LogP contribution < -0.4 is 10.6 Å².